The Labute approximate surface area is 138 Å². The van der Waals surface area contributed by atoms with Gasteiger partial charge in [0, 0.05) is 17.0 Å². The zero-order valence-corrected chi connectivity index (χ0v) is 13.7. The van der Waals surface area contributed by atoms with Crippen LogP contribution in [0.15, 0.2) is 17.2 Å². The second-order valence-corrected chi connectivity index (χ2v) is 8.16. The summed E-state index contributed by atoms with van der Waals surface area (Å²) >= 11 is 11.6. The van der Waals surface area contributed by atoms with Crippen molar-refractivity contribution < 1.29 is 18.3 Å². The maximum atomic E-state index is 11.7. The normalized spacial score (nSPS) is 20.4. The molecule has 0 saturated carbocycles. The number of hydrogen-bond acceptors (Lipinski definition) is 5. The molecule has 0 spiro atoms. The molecule has 1 atom stereocenters. The minimum absolute atomic E-state index is 0.0365. The number of hydrazone groups is 1. The molecule has 1 saturated heterocycles. The highest BCUT2D eigenvalue weighted by Gasteiger charge is 2.29. The average Bonchev–Trinajstić information content (AvgIpc) is 2.74. The summed E-state index contributed by atoms with van der Waals surface area (Å²) in [6.45, 7) is 0. The van der Waals surface area contributed by atoms with Crippen molar-refractivity contribution in [1.82, 2.24) is 5.43 Å². The van der Waals surface area contributed by atoms with Crippen LogP contribution in [0.3, 0.4) is 0 Å². The first-order valence-corrected chi connectivity index (χ1v) is 9.05. The van der Waals surface area contributed by atoms with Gasteiger partial charge in [-0.05, 0) is 24.5 Å². The number of sulfone groups is 1. The molecule has 1 aromatic rings. The number of phenolic OH excluding ortho intramolecular Hbond substituents is 1. The van der Waals surface area contributed by atoms with Crippen LogP contribution in [0.4, 0.5) is 0 Å². The Hall–Kier alpha value is -1.31. The SMILES string of the molecule is O=C(C[C@H]1CCS(=O)(=O)C1)N/N=C/c1cc(Cl)cc(Cl)c1O. The third-order valence-corrected chi connectivity index (χ3v) is 5.59. The quantitative estimate of drug-likeness (QED) is 0.630. The summed E-state index contributed by atoms with van der Waals surface area (Å²) in [4.78, 5) is 11.7. The molecule has 1 heterocycles. The molecule has 22 heavy (non-hydrogen) atoms. The van der Waals surface area contributed by atoms with Crippen LogP contribution >= 0.6 is 23.2 Å². The summed E-state index contributed by atoms with van der Waals surface area (Å²) < 4.78 is 22.6. The number of aromatic hydroxyl groups is 1. The lowest BCUT2D eigenvalue weighted by atomic mass is 10.1. The molecule has 0 radical (unpaired) electrons. The van der Waals surface area contributed by atoms with Gasteiger partial charge in [-0.25, -0.2) is 13.8 Å². The van der Waals surface area contributed by atoms with Crippen molar-refractivity contribution >= 4 is 45.2 Å². The van der Waals surface area contributed by atoms with Crippen molar-refractivity contribution in [3.63, 3.8) is 0 Å². The van der Waals surface area contributed by atoms with Gasteiger partial charge in [0.15, 0.2) is 9.84 Å². The van der Waals surface area contributed by atoms with Crippen molar-refractivity contribution in [3.05, 3.63) is 27.7 Å². The molecule has 2 rings (SSSR count). The predicted octanol–water partition coefficient (Wildman–Crippen LogP) is 1.97. The highest BCUT2D eigenvalue weighted by atomic mass is 35.5. The fourth-order valence-corrected chi connectivity index (χ4v) is 4.57. The van der Waals surface area contributed by atoms with Crippen LogP contribution < -0.4 is 5.43 Å². The van der Waals surface area contributed by atoms with Gasteiger partial charge in [0.1, 0.15) is 5.75 Å². The number of halogens is 2. The molecule has 6 nitrogen and oxygen atoms in total. The van der Waals surface area contributed by atoms with E-state index in [4.69, 9.17) is 23.2 Å². The highest BCUT2D eigenvalue weighted by molar-refractivity contribution is 7.91. The third kappa shape index (κ3) is 4.59. The zero-order chi connectivity index (χ0) is 16.3. The summed E-state index contributed by atoms with van der Waals surface area (Å²) in [5.41, 5.74) is 2.55. The van der Waals surface area contributed by atoms with E-state index in [9.17, 15) is 18.3 Å². The van der Waals surface area contributed by atoms with Crippen LogP contribution in [0, 0.1) is 5.92 Å². The van der Waals surface area contributed by atoms with Crippen molar-refractivity contribution in [2.45, 2.75) is 12.8 Å². The molecule has 1 fully saturated rings. The van der Waals surface area contributed by atoms with Gasteiger partial charge in [-0.2, -0.15) is 5.10 Å². The van der Waals surface area contributed by atoms with Crippen molar-refractivity contribution in [1.29, 1.82) is 0 Å². The molecule has 0 aromatic heterocycles. The number of nitrogens with zero attached hydrogens (tertiary/aromatic N) is 1. The molecule has 0 bridgehead atoms. The molecule has 120 valence electrons. The number of rotatable bonds is 4. The van der Waals surface area contributed by atoms with Crippen LogP contribution in [0.25, 0.3) is 0 Å². The smallest absolute Gasteiger partial charge is 0.240 e. The molecule has 1 amide bonds. The van der Waals surface area contributed by atoms with Gasteiger partial charge < -0.3 is 5.11 Å². The minimum Gasteiger partial charge on any atom is -0.506 e. The molecule has 1 aliphatic rings. The van der Waals surface area contributed by atoms with Gasteiger partial charge in [-0.15, -0.1) is 0 Å². The van der Waals surface area contributed by atoms with Crippen molar-refractivity contribution in [3.8, 4) is 5.75 Å². The third-order valence-electron chi connectivity index (χ3n) is 3.25. The Balaban J connectivity index is 1.91. The summed E-state index contributed by atoms with van der Waals surface area (Å²) in [6, 6.07) is 2.83. The average molecular weight is 365 g/mol. The number of carbonyl (C=O) groups excluding carboxylic acids is 1. The number of nitrogens with one attached hydrogen (secondary N) is 1. The van der Waals surface area contributed by atoms with Crippen LogP contribution in [0.5, 0.6) is 5.75 Å². The van der Waals surface area contributed by atoms with E-state index >= 15 is 0 Å². The lowest BCUT2D eigenvalue weighted by Gasteiger charge is -2.05. The van der Waals surface area contributed by atoms with Crippen LogP contribution in [-0.4, -0.2) is 37.2 Å². The van der Waals surface area contributed by atoms with Gasteiger partial charge in [0.25, 0.3) is 0 Å². The molecular weight excluding hydrogens is 351 g/mol. The van der Waals surface area contributed by atoms with Crippen molar-refractivity contribution in [2.75, 3.05) is 11.5 Å². The van der Waals surface area contributed by atoms with Gasteiger partial charge >= 0.3 is 0 Å². The first-order chi connectivity index (χ1) is 10.3. The molecule has 2 N–H and O–H groups in total. The maximum absolute atomic E-state index is 11.7. The summed E-state index contributed by atoms with van der Waals surface area (Å²) in [7, 11) is -3.00. The van der Waals surface area contributed by atoms with E-state index in [2.05, 4.69) is 10.5 Å². The fraction of sp³-hybridized carbons (Fsp3) is 0.385. The van der Waals surface area contributed by atoms with Crippen LogP contribution in [0.2, 0.25) is 10.0 Å². The fourth-order valence-electron chi connectivity index (χ4n) is 2.20. The van der Waals surface area contributed by atoms with Crippen molar-refractivity contribution in [2.24, 2.45) is 11.0 Å². The van der Waals surface area contributed by atoms with E-state index in [1.807, 2.05) is 0 Å². The number of hydrogen-bond donors (Lipinski definition) is 2. The lowest BCUT2D eigenvalue weighted by molar-refractivity contribution is -0.121. The van der Waals surface area contributed by atoms with E-state index in [1.165, 1.54) is 18.3 Å². The number of benzene rings is 1. The molecule has 1 aliphatic heterocycles. The lowest BCUT2D eigenvalue weighted by Crippen LogP contribution is -2.21. The number of phenols is 1. The minimum atomic E-state index is -3.00. The Morgan fingerprint density at radius 3 is 2.82 bits per heavy atom. The molecule has 0 aliphatic carbocycles. The topological polar surface area (TPSA) is 95.8 Å². The summed E-state index contributed by atoms with van der Waals surface area (Å²) in [6.07, 6.45) is 1.80. The molecule has 9 heteroatoms. The summed E-state index contributed by atoms with van der Waals surface area (Å²) in [5, 5.41) is 13.8. The monoisotopic (exact) mass is 364 g/mol. The number of amides is 1. The predicted molar refractivity (Wildman–Crippen MR) is 85.2 cm³/mol. The Morgan fingerprint density at radius 1 is 1.45 bits per heavy atom. The van der Waals surface area contributed by atoms with Gasteiger partial charge in [0.05, 0.1) is 22.7 Å². The standard InChI is InChI=1S/C13H14Cl2N2O4S/c14-10-4-9(13(19)11(15)5-10)6-16-17-12(18)3-8-1-2-22(20,21)7-8/h4-6,8,19H,1-3,7H2,(H,17,18)/b16-6+/t8-/m1/s1. The van der Waals surface area contributed by atoms with Gasteiger partial charge in [-0.3, -0.25) is 4.79 Å². The number of carbonyl (C=O) groups is 1. The Kier molecular flexibility index (Phi) is 5.31. The molecule has 1 aromatic carbocycles. The second kappa shape index (κ2) is 6.85. The van der Waals surface area contributed by atoms with Gasteiger partial charge in [0.2, 0.25) is 5.91 Å². The highest BCUT2D eigenvalue weighted by Crippen LogP contribution is 2.29. The second-order valence-electron chi connectivity index (χ2n) is 5.09. The Bertz CT molecular complexity index is 719. The molecule has 0 unspecified atom stereocenters. The molecular formula is C13H14Cl2N2O4S. The summed E-state index contributed by atoms with van der Waals surface area (Å²) in [5.74, 6) is -0.580. The Morgan fingerprint density at radius 2 is 2.18 bits per heavy atom. The van der Waals surface area contributed by atoms with E-state index in [-0.39, 0.29) is 46.1 Å². The van der Waals surface area contributed by atoms with E-state index in [1.54, 1.807) is 0 Å². The zero-order valence-electron chi connectivity index (χ0n) is 11.4. The van der Waals surface area contributed by atoms with Crippen LogP contribution in [0.1, 0.15) is 18.4 Å². The van der Waals surface area contributed by atoms with Crippen LogP contribution in [-0.2, 0) is 14.6 Å². The largest absolute Gasteiger partial charge is 0.506 e. The first-order valence-electron chi connectivity index (χ1n) is 6.47. The first kappa shape index (κ1) is 17.1. The maximum Gasteiger partial charge on any atom is 0.240 e. The van der Waals surface area contributed by atoms with E-state index in [0.29, 0.717) is 11.4 Å². The van der Waals surface area contributed by atoms with E-state index in [0.717, 1.165) is 0 Å². The van der Waals surface area contributed by atoms with E-state index < -0.39 is 9.84 Å². The van der Waals surface area contributed by atoms with Gasteiger partial charge in [-0.1, -0.05) is 23.2 Å².